The monoisotopic (exact) mass is 412 g/mol. The van der Waals surface area contributed by atoms with Crippen LogP contribution < -0.4 is 10.3 Å². The fourth-order valence-electron chi connectivity index (χ4n) is 3.75. The molecule has 29 heavy (non-hydrogen) atoms. The summed E-state index contributed by atoms with van der Waals surface area (Å²) in [4.78, 5) is 34.8. The molecule has 0 aliphatic heterocycles. The first kappa shape index (κ1) is 19.6. The highest BCUT2D eigenvalue weighted by atomic mass is 32.1. The Labute approximate surface area is 172 Å². The number of aryl methyl sites for hydroxylation is 1. The number of nitrogens with one attached hydrogen (secondary N) is 1. The van der Waals surface area contributed by atoms with Crippen LogP contribution in [0.1, 0.15) is 59.9 Å². The van der Waals surface area contributed by atoms with Crippen molar-refractivity contribution in [2.45, 2.75) is 46.1 Å². The molecule has 152 valence electrons. The molecule has 2 heterocycles. The fraction of sp³-hybridized carbons (Fsp3) is 0.409. The van der Waals surface area contributed by atoms with Crippen molar-refractivity contribution in [1.29, 1.82) is 0 Å². The number of para-hydroxylation sites is 1. The largest absolute Gasteiger partial charge is 0.493 e. The lowest BCUT2D eigenvalue weighted by molar-refractivity contribution is 0.0316. The molecule has 2 atom stereocenters. The molecular weight excluding hydrogens is 388 g/mol. The zero-order valence-electron chi connectivity index (χ0n) is 16.8. The minimum Gasteiger partial charge on any atom is -0.493 e. The molecule has 1 N–H and O–H groups in total. The van der Waals surface area contributed by atoms with Gasteiger partial charge < -0.3 is 14.5 Å². The second-order valence-corrected chi connectivity index (χ2v) is 8.54. The third kappa shape index (κ3) is 3.79. The van der Waals surface area contributed by atoms with Crippen molar-refractivity contribution in [1.82, 2.24) is 9.97 Å². The van der Waals surface area contributed by atoms with Crippen LogP contribution in [0.5, 0.6) is 5.75 Å². The van der Waals surface area contributed by atoms with Crippen molar-refractivity contribution in [3.63, 3.8) is 0 Å². The minimum atomic E-state index is -0.688. The zero-order valence-corrected chi connectivity index (χ0v) is 17.6. The van der Waals surface area contributed by atoms with E-state index in [0.717, 1.165) is 29.7 Å². The Morgan fingerprint density at radius 2 is 2.17 bits per heavy atom. The number of H-pyrrole nitrogens is 1. The van der Waals surface area contributed by atoms with E-state index in [0.29, 0.717) is 35.0 Å². The van der Waals surface area contributed by atoms with Crippen LogP contribution in [0, 0.1) is 5.92 Å². The molecule has 0 unspecified atom stereocenters. The highest BCUT2D eigenvalue weighted by Gasteiger charge is 2.25. The van der Waals surface area contributed by atoms with Crippen molar-refractivity contribution in [2.24, 2.45) is 5.92 Å². The average Bonchev–Trinajstić information content (AvgIpc) is 3.06. The summed E-state index contributed by atoms with van der Waals surface area (Å²) in [5.74, 6) is 0.948. The van der Waals surface area contributed by atoms with E-state index < -0.39 is 12.1 Å². The number of hydrogen-bond donors (Lipinski definition) is 1. The van der Waals surface area contributed by atoms with Gasteiger partial charge in [0.15, 0.2) is 11.9 Å². The second kappa shape index (κ2) is 7.99. The smallest absolute Gasteiger partial charge is 0.342 e. The van der Waals surface area contributed by atoms with Crippen LogP contribution in [-0.2, 0) is 17.6 Å². The van der Waals surface area contributed by atoms with Gasteiger partial charge in [-0.3, -0.25) is 4.79 Å². The van der Waals surface area contributed by atoms with Gasteiger partial charge in [0.25, 0.3) is 5.56 Å². The van der Waals surface area contributed by atoms with Crippen molar-refractivity contribution >= 4 is 27.5 Å². The SMILES string of the molecule is CCOc1ccccc1C(=O)O[C@@H](C)c1nc2sc3c(c2c(=O)[nH]1)CC[C@H](C)C3. The first-order valence-corrected chi connectivity index (χ1v) is 10.8. The summed E-state index contributed by atoms with van der Waals surface area (Å²) in [7, 11) is 0. The Balaban J connectivity index is 1.62. The van der Waals surface area contributed by atoms with Gasteiger partial charge in [-0.2, -0.15) is 0 Å². The molecule has 3 aromatic rings. The topological polar surface area (TPSA) is 81.3 Å². The van der Waals surface area contributed by atoms with Crippen molar-refractivity contribution in [3.8, 4) is 5.75 Å². The van der Waals surface area contributed by atoms with Gasteiger partial charge in [0, 0.05) is 4.88 Å². The van der Waals surface area contributed by atoms with E-state index >= 15 is 0 Å². The van der Waals surface area contributed by atoms with Gasteiger partial charge in [-0.05, 0) is 56.7 Å². The Morgan fingerprint density at radius 3 is 2.97 bits per heavy atom. The Bertz CT molecular complexity index is 1120. The van der Waals surface area contributed by atoms with Crippen LogP contribution in [0.25, 0.3) is 10.2 Å². The molecule has 0 spiro atoms. The first-order valence-electron chi connectivity index (χ1n) is 9.95. The molecule has 2 aromatic heterocycles. The quantitative estimate of drug-likeness (QED) is 0.627. The number of aromatic nitrogens is 2. The third-order valence-electron chi connectivity index (χ3n) is 5.26. The number of benzene rings is 1. The van der Waals surface area contributed by atoms with Gasteiger partial charge in [0.2, 0.25) is 0 Å². The Hall–Kier alpha value is -2.67. The van der Waals surface area contributed by atoms with E-state index in [-0.39, 0.29) is 5.56 Å². The molecule has 1 aliphatic carbocycles. The number of carbonyl (C=O) groups is 1. The van der Waals surface area contributed by atoms with Crippen LogP contribution in [0.4, 0.5) is 0 Å². The van der Waals surface area contributed by atoms with Gasteiger partial charge in [-0.25, -0.2) is 9.78 Å². The number of rotatable bonds is 5. The lowest BCUT2D eigenvalue weighted by Gasteiger charge is -2.17. The van der Waals surface area contributed by atoms with Crippen molar-refractivity contribution in [2.75, 3.05) is 6.61 Å². The Morgan fingerprint density at radius 1 is 1.38 bits per heavy atom. The van der Waals surface area contributed by atoms with E-state index in [2.05, 4.69) is 16.9 Å². The number of hydrogen-bond acceptors (Lipinski definition) is 6. The van der Waals surface area contributed by atoms with Crippen molar-refractivity contribution in [3.05, 3.63) is 56.4 Å². The van der Waals surface area contributed by atoms with Crippen LogP contribution in [0.3, 0.4) is 0 Å². The van der Waals surface area contributed by atoms with E-state index in [4.69, 9.17) is 9.47 Å². The standard InChI is InChI=1S/C22H24N2O4S/c1-4-27-16-8-6-5-7-14(16)22(26)28-13(3)19-23-20(25)18-15-10-9-12(2)11-17(15)29-21(18)24-19/h5-8,12-13H,4,9-11H2,1-3H3,(H,23,24,25)/t12-,13-/m0/s1. The van der Waals surface area contributed by atoms with Crippen LogP contribution in [0.15, 0.2) is 29.1 Å². The van der Waals surface area contributed by atoms with Gasteiger partial charge in [-0.1, -0.05) is 19.1 Å². The lowest BCUT2D eigenvalue weighted by Crippen LogP contribution is -2.18. The molecule has 6 nitrogen and oxygen atoms in total. The molecule has 0 bridgehead atoms. The highest BCUT2D eigenvalue weighted by molar-refractivity contribution is 7.18. The van der Waals surface area contributed by atoms with E-state index in [9.17, 15) is 9.59 Å². The number of aromatic amines is 1. The van der Waals surface area contributed by atoms with Crippen LogP contribution in [0.2, 0.25) is 0 Å². The molecule has 0 radical (unpaired) electrons. The molecule has 0 saturated carbocycles. The van der Waals surface area contributed by atoms with E-state index in [1.54, 1.807) is 42.5 Å². The molecule has 1 aromatic carbocycles. The number of esters is 1. The fourth-order valence-corrected chi connectivity index (χ4v) is 5.15. The van der Waals surface area contributed by atoms with Gasteiger partial charge >= 0.3 is 5.97 Å². The molecule has 0 amide bonds. The molecule has 0 fully saturated rings. The van der Waals surface area contributed by atoms with Gasteiger partial charge in [0.05, 0.1) is 12.0 Å². The number of carbonyl (C=O) groups excluding carboxylic acids is 1. The number of ether oxygens (including phenoxy) is 2. The summed E-state index contributed by atoms with van der Waals surface area (Å²) in [5, 5.41) is 0.695. The summed E-state index contributed by atoms with van der Waals surface area (Å²) < 4.78 is 11.1. The summed E-state index contributed by atoms with van der Waals surface area (Å²) >= 11 is 1.58. The van der Waals surface area contributed by atoms with Crippen LogP contribution >= 0.6 is 11.3 Å². The van der Waals surface area contributed by atoms with Crippen molar-refractivity contribution < 1.29 is 14.3 Å². The predicted molar refractivity (Wildman–Crippen MR) is 113 cm³/mol. The number of fused-ring (bicyclic) bond motifs is 3. The minimum absolute atomic E-state index is 0.158. The zero-order chi connectivity index (χ0) is 20.5. The summed E-state index contributed by atoms with van der Waals surface area (Å²) in [6, 6.07) is 6.95. The maximum absolute atomic E-state index is 12.8. The highest BCUT2D eigenvalue weighted by Crippen LogP contribution is 2.36. The molecular formula is C22H24N2O4S. The summed E-state index contributed by atoms with van der Waals surface area (Å²) in [6.07, 6.45) is 2.31. The van der Waals surface area contributed by atoms with Crippen LogP contribution in [-0.4, -0.2) is 22.5 Å². The summed E-state index contributed by atoms with van der Waals surface area (Å²) in [6.45, 7) is 6.25. The number of nitrogens with zero attached hydrogens (tertiary/aromatic N) is 1. The third-order valence-corrected chi connectivity index (χ3v) is 6.41. The second-order valence-electron chi connectivity index (χ2n) is 7.46. The number of thiophene rings is 1. The predicted octanol–water partition coefficient (Wildman–Crippen LogP) is 4.43. The normalized spacial score (nSPS) is 17.0. The molecule has 4 rings (SSSR count). The maximum atomic E-state index is 12.8. The Kier molecular flexibility index (Phi) is 5.41. The average molecular weight is 413 g/mol. The van der Waals surface area contributed by atoms with E-state index in [1.165, 1.54) is 4.88 Å². The summed E-state index contributed by atoms with van der Waals surface area (Å²) in [5.41, 5.74) is 1.33. The van der Waals surface area contributed by atoms with E-state index in [1.807, 2.05) is 6.92 Å². The lowest BCUT2D eigenvalue weighted by atomic mass is 9.89. The molecule has 0 saturated heterocycles. The first-order chi connectivity index (χ1) is 14.0. The maximum Gasteiger partial charge on any atom is 0.342 e. The molecule has 7 heteroatoms. The molecule has 1 aliphatic rings. The van der Waals surface area contributed by atoms with Gasteiger partial charge in [0.1, 0.15) is 16.1 Å². The van der Waals surface area contributed by atoms with Gasteiger partial charge in [-0.15, -0.1) is 11.3 Å².